The summed E-state index contributed by atoms with van der Waals surface area (Å²) >= 11 is 0. The van der Waals surface area contributed by atoms with Crippen LogP contribution in [0.4, 0.5) is 10.1 Å². The van der Waals surface area contributed by atoms with Crippen LogP contribution in [0.25, 0.3) is 0 Å². The predicted octanol–water partition coefficient (Wildman–Crippen LogP) is -0.696. The van der Waals surface area contributed by atoms with Crippen molar-refractivity contribution in [2.45, 2.75) is 13.3 Å². The first kappa shape index (κ1) is 13.8. The standard InChI is InChI=1S/C14H19FN2O2/c1-2-5-16-6-8-17(9-7-16)13-4-3-11(14(18)19)10-12(13)15/h3-4,10H,2,5-9H2,1H3,(H,18,19). The summed E-state index contributed by atoms with van der Waals surface area (Å²) in [6.07, 6.45) is 1.16. The van der Waals surface area contributed by atoms with E-state index in [9.17, 15) is 14.3 Å². The van der Waals surface area contributed by atoms with Crippen molar-refractivity contribution in [2.75, 3.05) is 37.6 Å². The van der Waals surface area contributed by atoms with Gasteiger partial charge in [0.2, 0.25) is 0 Å². The van der Waals surface area contributed by atoms with Crippen molar-refractivity contribution in [3.05, 3.63) is 29.6 Å². The topological polar surface area (TPSA) is 47.8 Å². The molecule has 1 aliphatic heterocycles. The van der Waals surface area contributed by atoms with E-state index in [2.05, 4.69) is 6.92 Å². The van der Waals surface area contributed by atoms with Crippen LogP contribution in [-0.2, 0) is 0 Å². The lowest BCUT2D eigenvalue weighted by molar-refractivity contribution is -0.900. The van der Waals surface area contributed by atoms with Crippen molar-refractivity contribution < 1.29 is 19.2 Å². The van der Waals surface area contributed by atoms with Gasteiger partial charge in [0.15, 0.2) is 0 Å². The number of rotatable bonds is 4. The van der Waals surface area contributed by atoms with E-state index in [1.165, 1.54) is 12.1 Å². The molecule has 1 fully saturated rings. The van der Waals surface area contributed by atoms with Gasteiger partial charge in [-0.3, -0.25) is 0 Å². The molecular formula is C14H19FN2O2. The zero-order valence-electron chi connectivity index (χ0n) is 11.1. The Labute approximate surface area is 112 Å². The Bertz CT molecular complexity index is 457. The fourth-order valence-corrected chi connectivity index (χ4v) is 2.56. The molecule has 0 saturated carbocycles. The smallest absolute Gasteiger partial charge is 0.147 e. The molecular weight excluding hydrogens is 247 g/mol. The molecule has 104 valence electrons. The monoisotopic (exact) mass is 266 g/mol. The lowest BCUT2D eigenvalue weighted by atomic mass is 10.1. The highest BCUT2D eigenvalue weighted by Crippen LogP contribution is 2.20. The minimum absolute atomic E-state index is 0.114. The van der Waals surface area contributed by atoms with Gasteiger partial charge in [-0.15, -0.1) is 0 Å². The summed E-state index contributed by atoms with van der Waals surface area (Å²) in [6.45, 7) is 6.91. The Kier molecular flexibility index (Phi) is 4.37. The number of carbonyl (C=O) groups excluding carboxylic acids is 1. The molecule has 1 heterocycles. The summed E-state index contributed by atoms with van der Waals surface area (Å²) < 4.78 is 13.9. The molecule has 0 aliphatic carbocycles. The van der Waals surface area contributed by atoms with Crippen molar-refractivity contribution in [3.63, 3.8) is 0 Å². The van der Waals surface area contributed by atoms with Crippen LogP contribution in [0.5, 0.6) is 0 Å². The highest BCUT2D eigenvalue weighted by atomic mass is 19.1. The number of hydrogen-bond acceptors (Lipinski definition) is 3. The maximum Gasteiger partial charge on any atom is 0.147 e. The van der Waals surface area contributed by atoms with E-state index in [-0.39, 0.29) is 5.56 Å². The normalized spacial score (nSPS) is 16.6. The molecule has 0 aromatic heterocycles. The van der Waals surface area contributed by atoms with Crippen LogP contribution in [0.3, 0.4) is 0 Å². The molecule has 2 rings (SSSR count). The number of carboxylic acids is 1. The van der Waals surface area contributed by atoms with Crippen molar-refractivity contribution in [3.8, 4) is 0 Å². The maximum absolute atomic E-state index is 13.9. The third kappa shape index (κ3) is 3.23. The fourth-order valence-electron chi connectivity index (χ4n) is 2.56. The Balaban J connectivity index is 2.05. The lowest BCUT2D eigenvalue weighted by Gasteiger charge is -2.33. The molecule has 1 aliphatic rings. The van der Waals surface area contributed by atoms with E-state index in [1.807, 2.05) is 4.90 Å². The van der Waals surface area contributed by atoms with Gasteiger partial charge in [0.25, 0.3) is 0 Å². The number of aromatic carboxylic acids is 1. The van der Waals surface area contributed by atoms with E-state index < -0.39 is 11.8 Å². The molecule has 0 spiro atoms. The summed E-state index contributed by atoms with van der Waals surface area (Å²) in [6, 6.07) is 3.97. The van der Waals surface area contributed by atoms with Gasteiger partial charge in [0.05, 0.1) is 44.4 Å². The minimum atomic E-state index is -1.34. The quantitative estimate of drug-likeness (QED) is 0.784. The second kappa shape index (κ2) is 6.02. The molecule has 0 radical (unpaired) electrons. The zero-order valence-corrected chi connectivity index (χ0v) is 11.1. The van der Waals surface area contributed by atoms with Crippen molar-refractivity contribution in [2.24, 2.45) is 0 Å². The van der Waals surface area contributed by atoms with Gasteiger partial charge in [-0.1, -0.05) is 13.0 Å². The van der Waals surface area contributed by atoms with Gasteiger partial charge >= 0.3 is 0 Å². The van der Waals surface area contributed by atoms with E-state index in [1.54, 1.807) is 4.90 Å². The number of carbonyl (C=O) groups is 1. The van der Waals surface area contributed by atoms with Gasteiger partial charge < -0.3 is 19.7 Å². The summed E-state index contributed by atoms with van der Waals surface area (Å²) in [5, 5.41) is 10.7. The van der Waals surface area contributed by atoms with Gasteiger partial charge in [0.1, 0.15) is 5.82 Å². The Morgan fingerprint density at radius 2 is 2.11 bits per heavy atom. The third-order valence-electron chi connectivity index (χ3n) is 3.60. The number of benzene rings is 1. The SMILES string of the molecule is CCC[NH+]1CCN(c2ccc(C(=O)[O-])cc2F)CC1. The van der Waals surface area contributed by atoms with Crippen molar-refractivity contribution in [1.82, 2.24) is 0 Å². The number of piperazine rings is 1. The molecule has 1 aromatic carbocycles. The van der Waals surface area contributed by atoms with Gasteiger partial charge in [-0.05, 0) is 18.6 Å². The number of quaternary nitrogens is 1. The van der Waals surface area contributed by atoms with Crippen LogP contribution >= 0.6 is 0 Å². The van der Waals surface area contributed by atoms with Crippen molar-refractivity contribution in [1.29, 1.82) is 0 Å². The number of anilines is 1. The molecule has 4 nitrogen and oxygen atoms in total. The van der Waals surface area contributed by atoms with E-state index in [0.717, 1.165) is 45.2 Å². The Morgan fingerprint density at radius 3 is 2.63 bits per heavy atom. The molecule has 5 heteroatoms. The lowest BCUT2D eigenvalue weighted by Crippen LogP contribution is -3.14. The van der Waals surface area contributed by atoms with Crippen molar-refractivity contribution >= 4 is 11.7 Å². The van der Waals surface area contributed by atoms with E-state index in [0.29, 0.717) is 5.69 Å². The number of carboxylic acid groups (broad SMARTS) is 1. The molecule has 0 amide bonds. The molecule has 0 atom stereocenters. The number of nitrogens with one attached hydrogen (secondary N) is 1. The first-order chi connectivity index (χ1) is 9.11. The average Bonchev–Trinajstić information content (AvgIpc) is 2.40. The van der Waals surface area contributed by atoms with Gasteiger partial charge in [0, 0.05) is 5.56 Å². The fraction of sp³-hybridized carbons (Fsp3) is 0.500. The second-order valence-corrected chi connectivity index (χ2v) is 4.94. The highest BCUT2D eigenvalue weighted by molar-refractivity contribution is 5.86. The average molecular weight is 266 g/mol. The van der Waals surface area contributed by atoms with E-state index >= 15 is 0 Å². The van der Waals surface area contributed by atoms with Crippen LogP contribution in [0, 0.1) is 5.82 Å². The first-order valence-electron chi connectivity index (χ1n) is 6.71. The van der Waals surface area contributed by atoms with E-state index in [4.69, 9.17) is 0 Å². The van der Waals surface area contributed by atoms with Crippen LogP contribution in [0.2, 0.25) is 0 Å². The van der Waals surface area contributed by atoms with Gasteiger partial charge in [-0.2, -0.15) is 0 Å². The Morgan fingerprint density at radius 1 is 1.42 bits per heavy atom. The van der Waals surface area contributed by atoms with Crippen LogP contribution < -0.4 is 14.9 Å². The maximum atomic E-state index is 13.9. The number of nitrogens with zero attached hydrogens (tertiary/aromatic N) is 1. The summed E-state index contributed by atoms with van der Waals surface area (Å²) in [5.74, 6) is -1.83. The zero-order chi connectivity index (χ0) is 13.8. The number of hydrogen-bond donors (Lipinski definition) is 1. The minimum Gasteiger partial charge on any atom is -0.545 e. The van der Waals surface area contributed by atoms with Crippen LogP contribution in [0.1, 0.15) is 23.7 Å². The molecule has 0 unspecified atom stereocenters. The summed E-state index contributed by atoms with van der Waals surface area (Å²) in [7, 11) is 0. The second-order valence-electron chi connectivity index (χ2n) is 4.94. The molecule has 1 aromatic rings. The van der Waals surface area contributed by atoms with Gasteiger partial charge in [-0.25, -0.2) is 4.39 Å². The molecule has 1 saturated heterocycles. The third-order valence-corrected chi connectivity index (χ3v) is 3.60. The number of halogens is 1. The molecule has 0 bridgehead atoms. The first-order valence-corrected chi connectivity index (χ1v) is 6.71. The molecule has 19 heavy (non-hydrogen) atoms. The predicted molar refractivity (Wildman–Crippen MR) is 68.8 cm³/mol. The largest absolute Gasteiger partial charge is 0.545 e. The van der Waals surface area contributed by atoms with Crippen LogP contribution in [0.15, 0.2) is 18.2 Å². The van der Waals surface area contributed by atoms with Crippen LogP contribution in [-0.4, -0.2) is 38.7 Å². The summed E-state index contributed by atoms with van der Waals surface area (Å²) in [5.41, 5.74) is 0.372. The highest BCUT2D eigenvalue weighted by Gasteiger charge is 2.21. The molecule has 1 N–H and O–H groups in total. The summed E-state index contributed by atoms with van der Waals surface area (Å²) in [4.78, 5) is 14.2. The Hall–Kier alpha value is -1.62.